The molecule has 4 rings (SSSR count). The number of benzene rings is 2. The molecule has 1 saturated carbocycles. The van der Waals surface area contributed by atoms with Crippen molar-refractivity contribution in [2.24, 2.45) is 11.7 Å². The zero-order chi connectivity index (χ0) is 27.9. The van der Waals surface area contributed by atoms with Crippen molar-refractivity contribution in [3.63, 3.8) is 0 Å². The Morgan fingerprint density at radius 2 is 1.59 bits per heavy atom. The Balaban J connectivity index is 1.80. The molecule has 6 nitrogen and oxygen atoms in total. The van der Waals surface area contributed by atoms with Crippen molar-refractivity contribution < 1.29 is 9.59 Å². The number of carbonyl (C=O) groups is 2. The molecule has 1 heterocycles. The van der Waals surface area contributed by atoms with Gasteiger partial charge in [0.1, 0.15) is 0 Å². The van der Waals surface area contributed by atoms with Crippen LogP contribution in [0.5, 0.6) is 0 Å². The van der Waals surface area contributed by atoms with E-state index in [1.807, 2.05) is 35.2 Å². The first-order valence-corrected chi connectivity index (χ1v) is 14.3. The molecule has 0 aliphatic heterocycles. The van der Waals surface area contributed by atoms with Crippen LogP contribution < -0.4 is 11.1 Å². The highest BCUT2D eigenvalue weighted by atomic mass is 16.2. The van der Waals surface area contributed by atoms with E-state index in [0.29, 0.717) is 18.0 Å². The Morgan fingerprint density at radius 3 is 2.18 bits per heavy atom. The predicted octanol–water partition coefficient (Wildman–Crippen LogP) is 7.78. The molecular weight excluding hydrogens is 484 g/mol. The topological polar surface area (TPSA) is 88.3 Å². The van der Waals surface area contributed by atoms with Crippen LogP contribution in [0.2, 0.25) is 0 Å². The van der Waals surface area contributed by atoms with Gasteiger partial charge < -0.3 is 16.0 Å². The van der Waals surface area contributed by atoms with Crippen molar-refractivity contribution in [1.29, 1.82) is 0 Å². The molecule has 2 aromatic carbocycles. The van der Waals surface area contributed by atoms with Gasteiger partial charge in [-0.15, -0.1) is 0 Å². The summed E-state index contributed by atoms with van der Waals surface area (Å²) < 4.78 is 0. The minimum atomic E-state index is -0.478. The fourth-order valence-electron chi connectivity index (χ4n) is 5.85. The van der Waals surface area contributed by atoms with Crippen LogP contribution >= 0.6 is 0 Å². The number of para-hydroxylation sites is 1. The number of hydrogen-bond acceptors (Lipinski definition) is 3. The summed E-state index contributed by atoms with van der Waals surface area (Å²) in [4.78, 5) is 33.1. The molecule has 1 aliphatic carbocycles. The van der Waals surface area contributed by atoms with Crippen molar-refractivity contribution >= 4 is 17.6 Å². The molecule has 1 aromatic heterocycles. The molecule has 1 atom stereocenters. The molecule has 206 valence electrons. The average molecular weight is 527 g/mol. The molecule has 3 aromatic rings. The average Bonchev–Trinajstić information content (AvgIpc) is 2.94. The van der Waals surface area contributed by atoms with Gasteiger partial charge in [0.15, 0.2) is 0 Å². The minimum Gasteiger partial charge on any atom is -0.366 e. The number of urea groups is 1. The van der Waals surface area contributed by atoms with E-state index in [4.69, 9.17) is 10.7 Å². The summed E-state index contributed by atoms with van der Waals surface area (Å²) in [6.45, 7) is 8.95. The molecule has 0 saturated heterocycles. The highest BCUT2D eigenvalue weighted by Crippen LogP contribution is 2.40. The van der Waals surface area contributed by atoms with Crippen LogP contribution in [0.1, 0.15) is 110 Å². The maximum absolute atomic E-state index is 14.4. The van der Waals surface area contributed by atoms with Crippen LogP contribution in [-0.2, 0) is 6.54 Å². The first-order valence-electron chi connectivity index (χ1n) is 14.3. The number of anilines is 1. The molecule has 6 heteroatoms. The zero-order valence-corrected chi connectivity index (χ0v) is 23.7. The SMILES string of the molecule is CC(C)c1cccc(C(C)C)c1NC(=O)N(Cc1cccc(C(N)=O)c1)C(c1ccccn1)C1CCCCC1. The van der Waals surface area contributed by atoms with Crippen molar-refractivity contribution in [2.75, 3.05) is 5.32 Å². The van der Waals surface area contributed by atoms with Crippen LogP contribution in [0.3, 0.4) is 0 Å². The van der Waals surface area contributed by atoms with Gasteiger partial charge in [-0.1, -0.05) is 83.4 Å². The Kier molecular flexibility index (Phi) is 9.39. The quantitative estimate of drug-likeness (QED) is 0.298. The lowest BCUT2D eigenvalue weighted by molar-refractivity contribution is 0.1000. The lowest BCUT2D eigenvalue weighted by Crippen LogP contribution is -2.42. The number of primary amides is 1. The van der Waals surface area contributed by atoms with E-state index in [1.54, 1.807) is 18.3 Å². The summed E-state index contributed by atoms with van der Waals surface area (Å²) in [6.07, 6.45) is 7.42. The van der Waals surface area contributed by atoms with Gasteiger partial charge in [0.25, 0.3) is 0 Å². The number of amides is 3. The van der Waals surface area contributed by atoms with Gasteiger partial charge in [-0.05, 0) is 71.6 Å². The normalized spacial score (nSPS) is 14.8. The van der Waals surface area contributed by atoms with Crippen LogP contribution in [0.15, 0.2) is 66.9 Å². The monoisotopic (exact) mass is 526 g/mol. The molecule has 3 amide bonds. The molecule has 0 radical (unpaired) electrons. The lowest BCUT2D eigenvalue weighted by Gasteiger charge is -2.39. The highest BCUT2D eigenvalue weighted by molar-refractivity contribution is 5.93. The summed E-state index contributed by atoms with van der Waals surface area (Å²) in [5, 5.41) is 3.36. The second-order valence-corrected chi connectivity index (χ2v) is 11.3. The Bertz CT molecular complexity index is 1240. The smallest absolute Gasteiger partial charge is 0.322 e. The van der Waals surface area contributed by atoms with Crippen LogP contribution in [0.25, 0.3) is 0 Å². The summed E-state index contributed by atoms with van der Waals surface area (Å²) in [5.74, 6) is 0.326. The number of hydrogen-bond donors (Lipinski definition) is 2. The number of carbonyl (C=O) groups excluding carboxylic acids is 2. The number of aromatic nitrogens is 1. The van der Waals surface area contributed by atoms with Gasteiger partial charge in [-0.3, -0.25) is 9.78 Å². The number of nitrogens with two attached hydrogens (primary N) is 1. The second-order valence-electron chi connectivity index (χ2n) is 11.3. The molecule has 1 aliphatic rings. The van der Waals surface area contributed by atoms with E-state index < -0.39 is 5.91 Å². The minimum absolute atomic E-state index is 0.157. The number of nitrogens with one attached hydrogen (secondary N) is 1. The van der Waals surface area contributed by atoms with Gasteiger partial charge in [-0.2, -0.15) is 0 Å². The largest absolute Gasteiger partial charge is 0.366 e. The molecule has 3 N–H and O–H groups in total. The van der Waals surface area contributed by atoms with Crippen molar-refractivity contribution in [1.82, 2.24) is 9.88 Å². The third kappa shape index (κ3) is 6.86. The van der Waals surface area contributed by atoms with Gasteiger partial charge in [0.2, 0.25) is 5.91 Å². The first kappa shape index (κ1) is 28.3. The third-order valence-electron chi connectivity index (χ3n) is 7.85. The van der Waals surface area contributed by atoms with E-state index >= 15 is 0 Å². The standard InChI is InChI=1S/C33H42N4O2/c1-22(2)27-16-11-17-28(23(3)4)30(27)36-33(39)37(21-24-12-10-15-26(20-24)32(34)38)31(25-13-6-5-7-14-25)29-18-8-9-19-35-29/h8-12,15-20,22-23,25,31H,5-7,13-14,21H2,1-4H3,(H2,34,38)(H,36,39). The van der Waals surface area contributed by atoms with E-state index in [0.717, 1.165) is 53.8 Å². The maximum atomic E-state index is 14.4. The first-order chi connectivity index (χ1) is 18.8. The summed E-state index contributed by atoms with van der Waals surface area (Å²) in [5.41, 5.74) is 10.9. The van der Waals surface area contributed by atoms with E-state index in [-0.39, 0.29) is 23.9 Å². The molecule has 39 heavy (non-hydrogen) atoms. The Labute approximate surface area is 233 Å². The van der Waals surface area contributed by atoms with Gasteiger partial charge >= 0.3 is 6.03 Å². The van der Waals surface area contributed by atoms with E-state index in [2.05, 4.69) is 51.2 Å². The number of pyridine rings is 1. The molecule has 0 bridgehead atoms. The van der Waals surface area contributed by atoms with E-state index in [9.17, 15) is 9.59 Å². The fourth-order valence-corrected chi connectivity index (χ4v) is 5.85. The van der Waals surface area contributed by atoms with Crippen LogP contribution in [-0.4, -0.2) is 21.8 Å². The van der Waals surface area contributed by atoms with Crippen molar-refractivity contribution in [3.8, 4) is 0 Å². The molecule has 0 spiro atoms. The van der Waals surface area contributed by atoms with Crippen molar-refractivity contribution in [2.45, 2.75) is 84.2 Å². The molecule has 1 fully saturated rings. The van der Waals surface area contributed by atoms with Gasteiger partial charge in [0.05, 0.1) is 11.7 Å². The van der Waals surface area contributed by atoms with Gasteiger partial charge in [-0.25, -0.2) is 4.79 Å². The Hall–Kier alpha value is -3.67. The number of nitrogens with zero attached hydrogens (tertiary/aromatic N) is 2. The third-order valence-corrected chi connectivity index (χ3v) is 7.85. The van der Waals surface area contributed by atoms with E-state index in [1.165, 1.54) is 6.42 Å². The summed E-state index contributed by atoms with van der Waals surface area (Å²) >= 11 is 0. The highest BCUT2D eigenvalue weighted by Gasteiger charge is 2.35. The molecular formula is C33H42N4O2. The summed E-state index contributed by atoms with van der Waals surface area (Å²) in [7, 11) is 0. The number of rotatable bonds is 9. The lowest BCUT2D eigenvalue weighted by atomic mass is 9.81. The van der Waals surface area contributed by atoms with Gasteiger partial charge in [0, 0.05) is 24.0 Å². The maximum Gasteiger partial charge on any atom is 0.322 e. The van der Waals surface area contributed by atoms with Crippen LogP contribution in [0.4, 0.5) is 10.5 Å². The molecule has 1 unspecified atom stereocenters. The van der Waals surface area contributed by atoms with Crippen molar-refractivity contribution in [3.05, 3.63) is 94.8 Å². The van der Waals surface area contributed by atoms with Crippen LogP contribution in [0, 0.1) is 5.92 Å². The summed E-state index contributed by atoms with van der Waals surface area (Å²) in [6, 6.07) is 19.1. The Morgan fingerprint density at radius 1 is 0.923 bits per heavy atom. The predicted molar refractivity (Wildman–Crippen MR) is 158 cm³/mol. The fraction of sp³-hybridized carbons (Fsp3) is 0.424. The second kappa shape index (κ2) is 12.9. The zero-order valence-electron chi connectivity index (χ0n) is 23.7.